The number of nitrogens with one attached hydrogen (secondary N) is 1. The predicted molar refractivity (Wildman–Crippen MR) is 179 cm³/mol. The predicted octanol–water partition coefficient (Wildman–Crippen LogP) is 11.0. The van der Waals surface area contributed by atoms with E-state index in [1.165, 1.54) is 27.8 Å². The fraction of sp³-hybridized carbons (Fsp3) is 0. The van der Waals surface area contributed by atoms with Crippen LogP contribution < -0.4 is 10.2 Å². The molecule has 6 aromatic carbocycles. The number of rotatable bonds is 6. The van der Waals surface area contributed by atoms with Gasteiger partial charge in [0.25, 0.3) is 0 Å². The van der Waals surface area contributed by atoms with Gasteiger partial charge in [-0.2, -0.15) is 0 Å². The van der Waals surface area contributed by atoms with Gasteiger partial charge in [-0.1, -0.05) is 121 Å². The fourth-order valence-corrected chi connectivity index (χ4v) is 5.64. The number of benzene rings is 6. The second kappa shape index (κ2) is 11.5. The summed E-state index contributed by atoms with van der Waals surface area (Å²) >= 11 is 0. The van der Waals surface area contributed by atoms with E-state index in [2.05, 4.69) is 186 Å². The van der Waals surface area contributed by atoms with Crippen molar-refractivity contribution in [2.24, 2.45) is 0 Å². The number of para-hydroxylation sites is 4. The van der Waals surface area contributed by atoms with Crippen LogP contribution in [0.15, 0.2) is 170 Å². The Morgan fingerprint density at radius 3 is 1.57 bits per heavy atom. The molecule has 1 aliphatic heterocycles. The molecule has 1 N–H and O–H groups in total. The lowest BCUT2D eigenvalue weighted by Gasteiger charge is -2.26. The van der Waals surface area contributed by atoms with Crippen LogP contribution in [0.3, 0.4) is 0 Å². The van der Waals surface area contributed by atoms with E-state index in [4.69, 9.17) is 0 Å². The number of fused-ring (bicyclic) bond motifs is 2. The molecule has 6 aromatic rings. The molecule has 0 saturated heterocycles. The Balaban J connectivity index is 1.35. The molecule has 0 spiro atoms. The Labute approximate surface area is 247 Å². The minimum absolute atomic E-state index is 1.11. The monoisotopic (exact) mass is 538 g/mol. The zero-order chi connectivity index (χ0) is 28.1. The third-order valence-electron chi connectivity index (χ3n) is 7.59. The summed E-state index contributed by atoms with van der Waals surface area (Å²) in [5.41, 5.74) is 12.7. The highest BCUT2D eigenvalue weighted by Gasteiger charge is 2.18. The molecule has 0 amide bonds. The Morgan fingerprint density at radius 2 is 0.976 bits per heavy atom. The summed E-state index contributed by atoms with van der Waals surface area (Å²) in [6.07, 6.45) is 6.63. The van der Waals surface area contributed by atoms with Crippen LogP contribution in [0.2, 0.25) is 0 Å². The Hall–Kier alpha value is -5.60. The first kappa shape index (κ1) is 25.4. The first-order valence-corrected chi connectivity index (χ1v) is 14.3. The van der Waals surface area contributed by atoms with E-state index in [9.17, 15) is 0 Å². The van der Waals surface area contributed by atoms with Gasteiger partial charge in [0.2, 0.25) is 0 Å². The highest BCUT2D eigenvalue weighted by atomic mass is 15.1. The average molecular weight is 539 g/mol. The smallest absolute Gasteiger partial charge is 0.0473 e. The minimum Gasteiger partial charge on any atom is -0.355 e. The van der Waals surface area contributed by atoms with Crippen molar-refractivity contribution in [3.05, 3.63) is 187 Å². The summed E-state index contributed by atoms with van der Waals surface area (Å²) in [4.78, 5) is 2.32. The van der Waals surface area contributed by atoms with Crippen molar-refractivity contribution >= 4 is 40.1 Å². The molecule has 42 heavy (non-hydrogen) atoms. The van der Waals surface area contributed by atoms with Gasteiger partial charge in [0.05, 0.1) is 0 Å². The summed E-state index contributed by atoms with van der Waals surface area (Å²) < 4.78 is 0. The molecule has 0 aromatic heterocycles. The van der Waals surface area contributed by atoms with Crippen molar-refractivity contribution in [2.45, 2.75) is 0 Å². The molecule has 2 nitrogen and oxygen atoms in total. The molecule has 1 aliphatic rings. The SMILES string of the molecule is C(/C=C/c1cc(-c2ccccc2)cc(N(c2ccccc2)c2ccccc2)c1)=C1c2ccccc2Nc2ccccc21. The normalized spacial score (nSPS) is 11.9. The van der Waals surface area contributed by atoms with Gasteiger partial charge in [-0.25, -0.2) is 0 Å². The molecule has 0 radical (unpaired) electrons. The zero-order valence-electron chi connectivity index (χ0n) is 23.2. The lowest BCUT2D eigenvalue weighted by Crippen LogP contribution is -2.10. The Kier molecular flexibility index (Phi) is 6.94. The largest absolute Gasteiger partial charge is 0.355 e. The molecule has 0 saturated carbocycles. The van der Waals surface area contributed by atoms with Gasteiger partial charge in [0, 0.05) is 39.6 Å². The van der Waals surface area contributed by atoms with E-state index in [0.29, 0.717) is 0 Å². The molecular weight excluding hydrogens is 508 g/mol. The van der Waals surface area contributed by atoms with E-state index in [-0.39, 0.29) is 0 Å². The van der Waals surface area contributed by atoms with Crippen LogP contribution in [0, 0.1) is 0 Å². The Bertz CT molecular complexity index is 1800. The van der Waals surface area contributed by atoms with Gasteiger partial charge in [-0.05, 0) is 76.9 Å². The van der Waals surface area contributed by atoms with Gasteiger partial charge < -0.3 is 10.2 Å². The summed E-state index contributed by atoms with van der Waals surface area (Å²) in [5.74, 6) is 0. The van der Waals surface area contributed by atoms with E-state index in [1.54, 1.807) is 0 Å². The van der Waals surface area contributed by atoms with Crippen LogP contribution >= 0.6 is 0 Å². The minimum atomic E-state index is 1.11. The molecule has 0 unspecified atom stereocenters. The number of hydrogen-bond donors (Lipinski definition) is 1. The summed E-state index contributed by atoms with van der Waals surface area (Å²) in [5, 5.41) is 3.58. The molecule has 0 aliphatic carbocycles. The fourth-order valence-electron chi connectivity index (χ4n) is 5.64. The van der Waals surface area contributed by atoms with E-state index < -0.39 is 0 Å². The number of nitrogens with zero attached hydrogens (tertiary/aromatic N) is 1. The van der Waals surface area contributed by atoms with Crippen molar-refractivity contribution in [3.8, 4) is 11.1 Å². The van der Waals surface area contributed by atoms with Gasteiger partial charge >= 0.3 is 0 Å². The number of anilines is 5. The molecule has 0 atom stereocenters. The quantitative estimate of drug-likeness (QED) is 0.226. The summed E-state index contributed by atoms with van der Waals surface area (Å²) in [7, 11) is 0. The van der Waals surface area contributed by atoms with Crippen LogP contribution in [0.1, 0.15) is 16.7 Å². The van der Waals surface area contributed by atoms with E-state index in [0.717, 1.165) is 34.0 Å². The average Bonchev–Trinajstić information content (AvgIpc) is 3.06. The summed E-state index contributed by atoms with van der Waals surface area (Å²) in [6, 6.07) is 55.6. The maximum atomic E-state index is 3.58. The van der Waals surface area contributed by atoms with Gasteiger partial charge in [-0.3, -0.25) is 0 Å². The topological polar surface area (TPSA) is 15.3 Å². The lowest BCUT2D eigenvalue weighted by atomic mass is 9.91. The van der Waals surface area contributed by atoms with Gasteiger partial charge in [0.1, 0.15) is 0 Å². The van der Waals surface area contributed by atoms with Crippen molar-refractivity contribution in [3.63, 3.8) is 0 Å². The first-order chi connectivity index (χ1) is 20.8. The number of allylic oxidation sites excluding steroid dienone is 2. The third-order valence-corrected chi connectivity index (χ3v) is 7.59. The summed E-state index contributed by atoms with van der Waals surface area (Å²) in [6.45, 7) is 0. The molecule has 1 heterocycles. The molecule has 0 fully saturated rings. The second-order valence-corrected chi connectivity index (χ2v) is 10.3. The van der Waals surface area contributed by atoms with Crippen molar-refractivity contribution in [1.29, 1.82) is 0 Å². The van der Waals surface area contributed by atoms with Crippen LogP contribution in [0.5, 0.6) is 0 Å². The van der Waals surface area contributed by atoms with Crippen molar-refractivity contribution in [1.82, 2.24) is 0 Å². The molecular formula is C40H30N2. The van der Waals surface area contributed by atoms with Crippen LogP contribution in [0.25, 0.3) is 22.8 Å². The van der Waals surface area contributed by atoms with E-state index in [1.807, 2.05) is 0 Å². The lowest BCUT2D eigenvalue weighted by molar-refractivity contribution is 1.28. The zero-order valence-corrected chi connectivity index (χ0v) is 23.2. The van der Waals surface area contributed by atoms with Gasteiger partial charge in [0.15, 0.2) is 0 Å². The highest BCUT2D eigenvalue weighted by Crippen LogP contribution is 2.41. The molecule has 2 heteroatoms. The van der Waals surface area contributed by atoms with Crippen LogP contribution in [-0.4, -0.2) is 0 Å². The van der Waals surface area contributed by atoms with Crippen LogP contribution in [-0.2, 0) is 0 Å². The molecule has 0 bridgehead atoms. The standard InChI is InChI=1S/C40H30N2/c1-4-16-31(17-5-1)32-27-30(28-35(29-32)42(33-18-6-2-7-19-33)34-20-8-3-9-21-34)15-14-24-36-37-22-10-12-25-39(37)41-40-26-13-11-23-38(36)40/h1-29,41H/b15-14+. The van der Waals surface area contributed by atoms with Crippen molar-refractivity contribution < 1.29 is 0 Å². The molecule has 200 valence electrons. The van der Waals surface area contributed by atoms with E-state index >= 15 is 0 Å². The highest BCUT2D eigenvalue weighted by molar-refractivity contribution is 5.97. The second-order valence-electron chi connectivity index (χ2n) is 10.3. The number of hydrogen-bond acceptors (Lipinski definition) is 2. The third kappa shape index (κ3) is 5.14. The first-order valence-electron chi connectivity index (χ1n) is 14.3. The Morgan fingerprint density at radius 1 is 0.452 bits per heavy atom. The van der Waals surface area contributed by atoms with Crippen molar-refractivity contribution in [2.75, 3.05) is 10.2 Å². The van der Waals surface area contributed by atoms with Crippen LogP contribution in [0.4, 0.5) is 28.4 Å². The van der Waals surface area contributed by atoms with Gasteiger partial charge in [-0.15, -0.1) is 0 Å². The maximum absolute atomic E-state index is 3.58. The molecule has 7 rings (SSSR count). The maximum Gasteiger partial charge on any atom is 0.0473 e.